The zero-order valence-electron chi connectivity index (χ0n) is 16.4. The maximum Gasteiger partial charge on any atom is 0.261 e. The van der Waals surface area contributed by atoms with Crippen LogP contribution in [0.3, 0.4) is 0 Å². The van der Waals surface area contributed by atoms with Crippen molar-refractivity contribution in [3.05, 3.63) is 53.1 Å². The van der Waals surface area contributed by atoms with Crippen molar-refractivity contribution in [2.24, 2.45) is 0 Å². The van der Waals surface area contributed by atoms with E-state index in [0.717, 1.165) is 37.2 Å². The van der Waals surface area contributed by atoms with Crippen LogP contribution in [0.1, 0.15) is 24.2 Å². The summed E-state index contributed by atoms with van der Waals surface area (Å²) in [6, 6.07) is 12.8. The van der Waals surface area contributed by atoms with Crippen LogP contribution in [0.25, 0.3) is 11.0 Å². The van der Waals surface area contributed by atoms with Gasteiger partial charge in [0, 0.05) is 18.1 Å². The molecule has 0 fully saturated rings. The lowest BCUT2D eigenvalue weighted by atomic mass is 10.2. The summed E-state index contributed by atoms with van der Waals surface area (Å²) in [6.45, 7) is 7.84. The van der Waals surface area contributed by atoms with E-state index in [2.05, 4.69) is 29.0 Å². The molecule has 1 N–H and O–H groups in total. The third-order valence-electron chi connectivity index (χ3n) is 4.82. The maximum absolute atomic E-state index is 12.9. The van der Waals surface area contributed by atoms with Crippen LogP contribution in [-0.4, -0.2) is 47.1 Å². The van der Waals surface area contributed by atoms with Crippen molar-refractivity contribution < 1.29 is 9.53 Å². The molecule has 0 saturated carbocycles. The number of halogens is 1. The number of carbonyl (C=O) groups is 1. The molecule has 28 heavy (non-hydrogen) atoms. The minimum atomic E-state index is -0.307. The molecule has 0 unspecified atom stereocenters. The van der Waals surface area contributed by atoms with Gasteiger partial charge < -0.3 is 14.2 Å². The van der Waals surface area contributed by atoms with Crippen LogP contribution in [0, 0.1) is 0 Å². The Labute approximate surface area is 170 Å². The van der Waals surface area contributed by atoms with Gasteiger partial charge in [0.05, 0.1) is 23.7 Å². The monoisotopic (exact) mass is 400 g/mol. The van der Waals surface area contributed by atoms with Gasteiger partial charge in [-0.15, -0.1) is 0 Å². The number of anilines is 1. The first-order valence-electron chi connectivity index (χ1n) is 9.39. The van der Waals surface area contributed by atoms with Crippen LogP contribution >= 0.6 is 11.6 Å². The Morgan fingerprint density at radius 3 is 2.68 bits per heavy atom. The third-order valence-corrected chi connectivity index (χ3v) is 5.06. The van der Waals surface area contributed by atoms with Gasteiger partial charge in [-0.2, -0.15) is 0 Å². The molecule has 7 heteroatoms. The molecule has 148 valence electrons. The molecule has 6 nitrogen and oxygen atoms in total. The van der Waals surface area contributed by atoms with Gasteiger partial charge in [-0.1, -0.05) is 37.6 Å². The summed E-state index contributed by atoms with van der Waals surface area (Å²) in [5.41, 5.74) is 2.20. The molecule has 0 bridgehead atoms. The van der Waals surface area contributed by atoms with E-state index in [-0.39, 0.29) is 5.91 Å². The lowest BCUT2D eigenvalue weighted by Crippen LogP contribution is -2.27. The van der Waals surface area contributed by atoms with Gasteiger partial charge in [-0.3, -0.25) is 10.1 Å². The molecule has 1 amide bonds. The third kappa shape index (κ3) is 4.29. The Morgan fingerprint density at radius 1 is 1.21 bits per heavy atom. The summed E-state index contributed by atoms with van der Waals surface area (Å²) in [5, 5.41) is 3.41. The van der Waals surface area contributed by atoms with Crippen LogP contribution < -0.4 is 10.1 Å². The molecule has 0 radical (unpaired) electrons. The summed E-state index contributed by atoms with van der Waals surface area (Å²) in [4.78, 5) is 19.9. The number of methoxy groups -OCH3 is 1. The highest BCUT2D eigenvalue weighted by Crippen LogP contribution is 2.25. The molecule has 0 aliphatic rings. The number of para-hydroxylation sites is 2. The Kier molecular flexibility index (Phi) is 6.54. The summed E-state index contributed by atoms with van der Waals surface area (Å²) >= 11 is 6.07. The van der Waals surface area contributed by atoms with Crippen LogP contribution in [-0.2, 0) is 6.54 Å². The number of rotatable bonds is 8. The lowest BCUT2D eigenvalue weighted by molar-refractivity contribution is 0.102. The number of hydrogen-bond acceptors (Lipinski definition) is 4. The normalized spacial score (nSPS) is 11.2. The quantitative estimate of drug-likeness (QED) is 0.612. The summed E-state index contributed by atoms with van der Waals surface area (Å²) in [6.07, 6.45) is 0. The fraction of sp³-hybridized carbons (Fsp3) is 0.333. The van der Waals surface area contributed by atoms with Crippen LogP contribution in [0.4, 0.5) is 5.95 Å². The number of nitrogens with one attached hydrogen (secondary N) is 1. The zero-order chi connectivity index (χ0) is 20.1. The van der Waals surface area contributed by atoms with Crippen molar-refractivity contribution >= 4 is 34.5 Å². The fourth-order valence-corrected chi connectivity index (χ4v) is 3.38. The van der Waals surface area contributed by atoms with Crippen LogP contribution in [0.2, 0.25) is 5.02 Å². The number of benzene rings is 2. The predicted octanol–water partition coefficient (Wildman–Crippen LogP) is 4.29. The average Bonchev–Trinajstić information content (AvgIpc) is 3.05. The van der Waals surface area contributed by atoms with E-state index >= 15 is 0 Å². The lowest BCUT2D eigenvalue weighted by Gasteiger charge is -2.19. The second-order valence-corrected chi connectivity index (χ2v) is 6.84. The smallest absolute Gasteiger partial charge is 0.261 e. The number of hydrogen-bond donors (Lipinski definition) is 1. The zero-order valence-corrected chi connectivity index (χ0v) is 17.2. The van der Waals surface area contributed by atoms with E-state index in [0.29, 0.717) is 22.3 Å². The van der Waals surface area contributed by atoms with Crippen molar-refractivity contribution in [3.63, 3.8) is 0 Å². The molecule has 2 aromatic carbocycles. The second-order valence-electron chi connectivity index (χ2n) is 6.40. The van der Waals surface area contributed by atoms with Crippen molar-refractivity contribution in [3.8, 4) is 5.75 Å². The molecule has 3 aromatic rings. The molecular formula is C21H25ClN4O2. The number of fused-ring (bicyclic) bond motifs is 1. The standard InChI is InChI=1S/C21H25ClN4O2/c1-4-25(5-2)12-13-26-18-9-7-6-8-17(18)23-21(26)24-20(27)16-14-15(22)10-11-19(16)28-3/h6-11,14H,4-5,12-13H2,1-3H3,(H,23,24,27). The molecule has 1 heterocycles. The molecule has 0 atom stereocenters. The molecule has 0 saturated heterocycles. The minimum Gasteiger partial charge on any atom is -0.496 e. The molecule has 1 aromatic heterocycles. The first kappa shape index (κ1) is 20.2. The van der Waals surface area contributed by atoms with E-state index in [4.69, 9.17) is 16.3 Å². The predicted molar refractivity (Wildman–Crippen MR) is 113 cm³/mol. The first-order chi connectivity index (χ1) is 13.6. The summed E-state index contributed by atoms with van der Waals surface area (Å²) in [5.74, 6) is 0.673. The highest BCUT2D eigenvalue weighted by molar-refractivity contribution is 6.31. The first-order valence-corrected chi connectivity index (χ1v) is 9.77. The summed E-state index contributed by atoms with van der Waals surface area (Å²) in [7, 11) is 1.53. The van der Waals surface area contributed by atoms with Gasteiger partial charge in [0.1, 0.15) is 5.75 Å². The van der Waals surface area contributed by atoms with E-state index in [1.165, 1.54) is 7.11 Å². The van der Waals surface area contributed by atoms with E-state index in [9.17, 15) is 4.79 Å². The molecule has 0 aliphatic heterocycles. The number of imidazole rings is 1. The van der Waals surface area contributed by atoms with Gasteiger partial charge >= 0.3 is 0 Å². The average molecular weight is 401 g/mol. The number of ether oxygens (including phenoxy) is 1. The van der Waals surface area contributed by atoms with Crippen LogP contribution in [0.15, 0.2) is 42.5 Å². The highest BCUT2D eigenvalue weighted by atomic mass is 35.5. The number of likely N-dealkylation sites (N-methyl/N-ethyl adjacent to an activating group) is 1. The highest BCUT2D eigenvalue weighted by Gasteiger charge is 2.18. The van der Waals surface area contributed by atoms with Gasteiger partial charge in [-0.05, 0) is 43.4 Å². The number of carbonyl (C=O) groups excluding carboxylic acids is 1. The Balaban J connectivity index is 1.93. The fourth-order valence-electron chi connectivity index (χ4n) is 3.21. The van der Waals surface area contributed by atoms with Crippen molar-refractivity contribution in [2.45, 2.75) is 20.4 Å². The van der Waals surface area contributed by atoms with Crippen molar-refractivity contribution in [1.82, 2.24) is 14.5 Å². The molecule has 3 rings (SSSR count). The van der Waals surface area contributed by atoms with Gasteiger partial charge in [0.25, 0.3) is 5.91 Å². The molecule has 0 aliphatic carbocycles. The summed E-state index contributed by atoms with van der Waals surface area (Å²) < 4.78 is 7.35. The maximum atomic E-state index is 12.9. The second kappa shape index (κ2) is 9.08. The molecule has 0 spiro atoms. The van der Waals surface area contributed by atoms with E-state index < -0.39 is 0 Å². The Morgan fingerprint density at radius 2 is 1.96 bits per heavy atom. The minimum absolute atomic E-state index is 0.307. The molecular weight excluding hydrogens is 376 g/mol. The van der Waals surface area contributed by atoms with Crippen LogP contribution in [0.5, 0.6) is 5.75 Å². The van der Waals surface area contributed by atoms with Gasteiger partial charge in [-0.25, -0.2) is 4.98 Å². The van der Waals surface area contributed by atoms with E-state index in [1.54, 1.807) is 18.2 Å². The van der Waals surface area contributed by atoms with Crippen molar-refractivity contribution in [2.75, 3.05) is 32.1 Å². The Hall–Kier alpha value is -2.57. The van der Waals surface area contributed by atoms with E-state index in [1.807, 2.05) is 28.8 Å². The SMILES string of the molecule is CCN(CC)CCn1c(NC(=O)c2cc(Cl)ccc2OC)nc2ccccc21. The van der Waals surface area contributed by atoms with Crippen molar-refractivity contribution in [1.29, 1.82) is 0 Å². The topological polar surface area (TPSA) is 59.4 Å². The van der Waals surface area contributed by atoms with Gasteiger partial charge in [0.15, 0.2) is 0 Å². The number of aromatic nitrogens is 2. The number of nitrogens with zero attached hydrogens (tertiary/aromatic N) is 3. The Bertz CT molecular complexity index is 966. The van der Waals surface area contributed by atoms with Gasteiger partial charge in [0.2, 0.25) is 5.95 Å². The largest absolute Gasteiger partial charge is 0.496 e. The number of amides is 1.